The molecule has 1 aromatic carbocycles. The van der Waals surface area contributed by atoms with Crippen LogP contribution >= 0.6 is 11.3 Å². The maximum absolute atomic E-state index is 12.9. The summed E-state index contributed by atoms with van der Waals surface area (Å²) in [6.45, 7) is 3.56. The van der Waals surface area contributed by atoms with Crippen molar-refractivity contribution in [2.45, 2.75) is 25.7 Å². The van der Waals surface area contributed by atoms with Gasteiger partial charge in [0.2, 0.25) is 0 Å². The van der Waals surface area contributed by atoms with E-state index >= 15 is 0 Å². The first-order chi connectivity index (χ1) is 11.6. The van der Waals surface area contributed by atoms with E-state index in [2.05, 4.69) is 20.7 Å². The molecule has 4 rings (SSSR count). The van der Waals surface area contributed by atoms with Crippen molar-refractivity contribution in [1.82, 2.24) is 24.9 Å². The van der Waals surface area contributed by atoms with Gasteiger partial charge in [0.25, 0.3) is 5.91 Å². The largest absolute Gasteiger partial charge is 0.338 e. The zero-order valence-electron chi connectivity index (χ0n) is 13.8. The number of benzene rings is 1. The van der Waals surface area contributed by atoms with Gasteiger partial charge < -0.3 is 4.90 Å². The standard InChI is InChI=1S/C17H19N5OS/c1-11-10-24-16(18-11)13-4-3-7-22(9-13)17(23)12-5-6-15-14(8-12)19-20-21(15)2/h5-6,8,10,13H,3-4,7,9H2,1-2H3/t13-/m1/s1. The number of hydrogen-bond acceptors (Lipinski definition) is 5. The molecule has 0 radical (unpaired) electrons. The molecule has 1 amide bonds. The van der Waals surface area contributed by atoms with E-state index in [0.29, 0.717) is 11.5 Å². The van der Waals surface area contributed by atoms with Gasteiger partial charge in [-0.2, -0.15) is 0 Å². The van der Waals surface area contributed by atoms with Gasteiger partial charge in [-0.3, -0.25) is 4.79 Å². The summed E-state index contributed by atoms with van der Waals surface area (Å²) < 4.78 is 1.71. The van der Waals surface area contributed by atoms with E-state index in [4.69, 9.17) is 0 Å². The molecular formula is C17H19N5OS. The molecule has 3 heterocycles. The Morgan fingerprint density at radius 3 is 3.04 bits per heavy atom. The summed E-state index contributed by atoms with van der Waals surface area (Å²) in [7, 11) is 1.85. The third-order valence-corrected chi connectivity index (χ3v) is 5.68. The van der Waals surface area contributed by atoms with Crippen LogP contribution in [0.15, 0.2) is 23.6 Å². The van der Waals surface area contributed by atoms with Crippen molar-refractivity contribution < 1.29 is 4.79 Å². The number of aryl methyl sites for hydroxylation is 2. The number of carbonyl (C=O) groups is 1. The van der Waals surface area contributed by atoms with Crippen LogP contribution in [0, 0.1) is 6.92 Å². The van der Waals surface area contributed by atoms with Crippen LogP contribution in [0.5, 0.6) is 0 Å². The molecule has 1 aliphatic heterocycles. The van der Waals surface area contributed by atoms with Gasteiger partial charge in [0.15, 0.2) is 0 Å². The lowest BCUT2D eigenvalue weighted by atomic mass is 9.98. The first-order valence-electron chi connectivity index (χ1n) is 8.12. The number of fused-ring (bicyclic) bond motifs is 1. The predicted octanol–water partition coefficient (Wildman–Crippen LogP) is 2.75. The van der Waals surface area contributed by atoms with Crippen LogP contribution in [-0.2, 0) is 7.05 Å². The smallest absolute Gasteiger partial charge is 0.253 e. The summed E-state index contributed by atoms with van der Waals surface area (Å²) in [5, 5.41) is 11.3. The molecule has 0 bridgehead atoms. The highest BCUT2D eigenvalue weighted by molar-refractivity contribution is 7.09. The fourth-order valence-corrected chi connectivity index (χ4v) is 4.20. The molecule has 1 fully saturated rings. The number of carbonyl (C=O) groups excluding carboxylic acids is 1. The molecule has 0 spiro atoms. The monoisotopic (exact) mass is 341 g/mol. The molecule has 1 saturated heterocycles. The Hall–Kier alpha value is -2.28. The molecule has 6 nitrogen and oxygen atoms in total. The van der Waals surface area contributed by atoms with Gasteiger partial charge in [-0.25, -0.2) is 9.67 Å². The molecular weight excluding hydrogens is 322 g/mol. The van der Waals surface area contributed by atoms with Crippen LogP contribution < -0.4 is 0 Å². The second kappa shape index (κ2) is 5.98. The summed E-state index contributed by atoms with van der Waals surface area (Å²) in [5.74, 6) is 0.419. The molecule has 2 aromatic heterocycles. The summed E-state index contributed by atoms with van der Waals surface area (Å²) >= 11 is 1.70. The fourth-order valence-electron chi connectivity index (χ4n) is 3.28. The number of aromatic nitrogens is 4. The van der Waals surface area contributed by atoms with E-state index in [-0.39, 0.29) is 5.91 Å². The Morgan fingerprint density at radius 2 is 2.25 bits per heavy atom. The Morgan fingerprint density at radius 1 is 1.38 bits per heavy atom. The Bertz CT molecular complexity index is 899. The highest BCUT2D eigenvalue weighted by Crippen LogP contribution is 2.30. The highest BCUT2D eigenvalue weighted by atomic mass is 32.1. The van der Waals surface area contributed by atoms with Gasteiger partial charge in [0.1, 0.15) is 5.52 Å². The van der Waals surface area contributed by atoms with Crippen LogP contribution in [0.2, 0.25) is 0 Å². The van der Waals surface area contributed by atoms with Crippen molar-refractivity contribution in [1.29, 1.82) is 0 Å². The summed E-state index contributed by atoms with van der Waals surface area (Å²) in [5.41, 5.74) is 3.43. The molecule has 1 atom stereocenters. The molecule has 7 heteroatoms. The van der Waals surface area contributed by atoms with Gasteiger partial charge in [-0.1, -0.05) is 5.21 Å². The SMILES string of the molecule is Cc1csc([C@@H]2CCCN(C(=O)c3ccc4c(c3)nnn4C)C2)n1. The van der Waals surface area contributed by atoms with Crippen molar-refractivity contribution in [3.8, 4) is 0 Å². The third-order valence-electron chi connectivity index (χ3n) is 4.55. The number of rotatable bonds is 2. The lowest BCUT2D eigenvalue weighted by Crippen LogP contribution is -2.39. The molecule has 0 unspecified atom stereocenters. The number of thiazole rings is 1. The normalized spacial score (nSPS) is 18.2. The minimum atomic E-state index is 0.0699. The summed E-state index contributed by atoms with van der Waals surface area (Å²) in [4.78, 5) is 19.4. The highest BCUT2D eigenvalue weighted by Gasteiger charge is 2.27. The van der Waals surface area contributed by atoms with Gasteiger partial charge in [0, 0.05) is 42.7 Å². The van der Waals surface area contributed by atoms with Crippen LogP contribution in [0.4, 0.5) is 0 Å². The molecule has 3 aromatic rings. The van der Waals surface area contributed by atoms with Gasteiger partial charge in [-0.05, 0) is 38.0 Å². The maximum atomic E-state index is 12.9. The first-order valence-corrected chi connectivity index (χ1v) is 9.00. The molecule has 0 aliphatic carbocycles. The third kappa shape index (κ3) is 2.69. The van der Waals surface area contributed by atoms with E-state index in [0.717, 1.165) is 47.7 Å². The van der Waals surface area contributed by atoms with Crippen molar-refractivity contribution in [2.75, 3.05) is 13.1 Å². The average Bonchev–Trinajstić information content (AvgIpc) is 3.20. The number of hydrogen-bond donors (Lipinski definition) is 0. The zero-order valence-corrected chi connectivity index (χ0v) is 14.6. The van der Waals surface area contributed by atoms with E-state index in [1.54, 1.807) is 16.0 Å². The maximum Gasteiger partial charge on any atom is 0.253 e. The number of piperidine rings is 1. The Balaban J connectivity index is 1.56. The van der Waals surface area contributed by atoms with Crippen LogP contribution in [0.1, 0.15) is 39.8 Å². The zero-order chi connectivity index (χ0) is 16.7. The van der Waals surface area contributed by atoms with Crippen LogP contribution in [0.3, 0.4) is 0 Å². The number of amides is 1. The molecule has 124 valence electrons. The fraction of sp³-hybridized carbons (Fsp3) is 0.412. The van der Waals surface area contributed by atoms with E-state index < -0.39 is 0 Å². The van der Waals surface area contributed by atoms with Crippen LogP contribution in [0.25, 0.3) is 11.0 Å². The number of nitrogens with zero attached hydrogens (tertiary/aromatic N) is 5. The average molecular weight is 341 g/mol. The van der Waals surface area contributed by atoms with Gasteiger partial charge >= 0.3 is 0 Å². The molecule has 1 aliphatic rings. The Kier molecular flexibility index (Phi) is 3.80. The summed E-state index contributed by atoms with van der Waals surface area (Å²) in [6, 6.07) is 5.61. The lowest BCUT2D eigenvalue weighted by molar-refractivity contribution is 0.0707. The van der Waals surface area contributed by atoms with Crippen LogP contribution in [-0.4, -0.2) is 43.9 Å². The predicted molar refractivity (Wildman–Crippen MR) is 93.2 cm³/mol. The quantitative estimate of drug-likeness (QED) is 0.719. The second-order valence-corrected chi connectivity index (χ2v) is 7.22. The second-order valence-electron chi connectivity index (χ2n) is 6.33. The molecule has 0 saturated carbocycles. The first kappa shape index (κ1) is 15.3. The van der Waals surface area contributed by atoms with Crippen molar-refractivity contribution >= 4 is 28.3 Å². The lowest BCUT2D eigenvalue weighted by Gasteiger charge is -2.32. The van der Waals surface area contributed by atoms with Crippen molar-refractivity contribution in [3.63, 3.8) is 0 Å². The minimum Gasteiger partial charge on any atom is -0.338 e. The Labute approximate surface area is 144 Å². The van der Waals surface area contributed by atoms with Gasteiger partial charge in [0.05, 0.1) is 10.5 Å². The van der Waals surface area contributed by atoms with E-state index in [1.165, 1.54) is 0 Å². The van der Waals surface area contributed by atoms with E-state index in [1.807, 2.05) is 37.1 Å². The van der Waals surface area contributed by atoms with Crippen molar-refractivity contribution in [3.05, 3.63) is 39.8 Å². The topological polar surface area (TPSA) is 63.9 Å². The summed E-state index contributed by atoms with van der Waals surface area (Å²) in [6.07, 6.45) is 2.11. The minimum absolute atomic E-state index is 0.0699. The van der Waals surface area contributed by atoms with Gasteiger partial charge in [-0.15, -0.1) is 16.4 Å². The molecule has 24 heavy (non-hydrogen) atoms. The molecule has 0 N–H and O–H groups in total. The number of likely N-dealkylation sites (tertiary alicyclic amines) is 1. The van der Waals surface area contributed by atoms with E-state index in [9.17, 15) is 4.79 Å². The van der Waals surface area contributed by atoms with Crippen molar-refractivity contribution in [2.24, 2.45) is 7.05 Å².